The fraction of sp³-hybridized carbons (Fsp3) is 0.200. The average Bonchev–Trinajstić information content (AvgIpc) is 2.17. The van der Waals surface area contributed by atoms with E-state index in [9.17, 15) is 4.79 Å². The molecule has 0 saturated carbocycles. The molecule has 13 heavy (non-hydrogen) atoms. The molecule has 0 bridgehead atoms. The second-order valence-corrected chi connectivity index (χ2v) is 4.76. The van der Waals surface area contributed by atoms with Gasteiger partial charge in [-0.2, -0.15) is 0 Å². The molecule has 0 amide bonds. The molecule has 0 aliphatic heterocycles. The van der Waals surface area contributed by atoms with Crippen LogP contribution in [0.25, 0.3) is 0 Å². The first kappa shape index (κ1) is 10.4. The fourth-order valence-electron chi connectivity index (χ4n) is 0.769. The Bertz CT molecular complexity index is 293. The lowest BCUT2D eigenvalue weighted by molar-refractivity contribution is -0.134. The van der Waals surface area contributed by atoms with Crippen molar-refractivity contribution in [1.29, 1.82) is 0 Å². The summed E-state index contributed by atoms with van der Waals surface area (Å²) >= 11 is -0.326. The van der Waals surface area contributed by atoms with Crippen LogP contribution in [0.2, 0.25) is 0 Å². The number of hydrogen-bond acceptors (Lipinski definition) is 2. The van der Waals surface area contributed by atoms with Gasteiger partial charge in [0.2, 0.25) is 0 Å². The quantitative estimate of drug-likeness (QED) is 0.630. The Morgan fingerprint density at radius 1 is 1.46 bits per heavy atom. The lowest BCUT2D eigenvalue weighted by Gasteiger charge is -1.94. The molecule has 2 nitrogen and oxygen atoms in total. The van der Waals surface area contributed by atoms with Gasteiger partial charge in [0.25, 0.3) is 0 Å². The number of ether oxygens (including phenoxy) is 1. The smallest absolute Gasteiger partial charge is 0.336 e. The standard InChI is InChI=1S/C10H11IO2/c1-2-13-10(12)8-11-9-6-4-3-5-7-9/h3-8H,2H2,1H3. The summed E-state index contributed by atoms with van der Waals surface area (Å²) in [5.74, 6) is -0.195. The maximum absolute atomic E-state index is 11.0. The molecule has 0 radical (unpaired) electrons. The summed E-state index contributed by atoms with van der Waals surface area (Å²) in [7, 11) is 0. The Labute approximate surface area is 87.7 Å². The molecule has 0 fully saturated rings. The monoisotopic (exact) mass is 290 g/mol. The van der Waals surface area contributed by atoms with E-state index in [-0.39, 0.29) is 26.7 Å². The summed E-state index contributed by atoms with van der Waals surface area (Å²) < 4.78 is 7.69. The third-order valence-electron chi connectivity index (χ3n) is 1.29. The van der Waals surface area contributed by atoms with Crippen LogP contribution >= 0.6 is 20.7 Å². The minimum atomic E-state index is -0.326. The first-order valence-corrected chi connectivity index (χ1v) is 6.33. The minimum Gasteiger partial charge on any atom is -0.463 e. The second kappa shape index (κ2) is 5.85. The molecule has 0 unspecified atom stereocenters. The normalized spacial score (nSPS) is 10.8. The zero-order valence-corrected chi connectivity index (χ0v) is 9.52. The molecule has 0 aromatic heterocycles. The maximum Gasteiger partial charge on any atom is 0.336 e. The highest BCUT2D eigenvalue weighted by Crippen LogP contribution is 2.09. The van der Waals surface area contributed by atoms with Crippen LogP contribution in [-0.2, 0) is 9.53 Å². The van der Waals surface area contributed by atoms with Gasteiger partial charge >= 0.3 is 5.97 Å². The van der Waals surface area contributed by atoms with E-state index in [0.717, 1.165) is 0 Å². The van der Waals surface area contributed by atoms with Crippen LogP contribution in [0, 0.1) is 3.57 Å². The summed E-state index contributed by atoms with van der Waals surface area (Å²) in [4.78, 5) is 11.0. The molecule has 0 atom stereocenters. The van der Waals surface area contributed by atoms with Crippen molar-refractivity contribution in [2.75, 3.05) is 6.61 Å². The molecule has 70 valence electrons. The first-order chi connectivity index (χ1) is 6.33. The van der Waals surface area contributed by atoms with Gasteiger partial charge in [-0.15, -0.1) is 0 Å². The van der Waals surface area contributed by atoms with Crippen LogP contribution in [0.4, 0.5) is 0 Å². The van der Waals surface area contributed by atoms with E-state index >= 15 is 0 Å². The van der Waals surface area contributed by atoms with Crippen molar-refractivity contribution in [1.82, 2.24) is 0 Å². The third-order valence-corrected chi connectivity index (χ3v) is 3.55. The summed E-state index contributed by atoms with van der Waals surface area (Å²) in [6.07, 6.45) is 0. The second-order valence-electron chi connectivity index (χ2n) is 2.27. The van der Waals surface area contributed by atoms with Crippen LogP contribution in [0.1, 0.15) is 6.92 Å². The summed E-state index contributed by atoms with van der Waals surface area (Å²) in [6, 6.07) is 9.99. The summed E-state index contributed by atoms with van der Waals surface area (Å²) in [6.45, 7) is 2.26. The van der Waals surface area contributed by atoms with Gasteiger partial charge in [-0.05, 0) is 19.1 Å². The Hall–Kier alpha value is -0.710. The van der Waals surface area contributed by atoms with Gasteiger partial charge < -0.3 is 4.74 Å². The fourth-order valence-corrected chi connectivity index (χ4v) is 2.39. The van der Waals surface area contributed by atoms with Gasteiger partial charge in [0, 0.05) is 3.57 Å². The largest absolute Gasteiger partial charge is 0.463 e. The summed E-state index contributed by atoms with van der Waals surface area (Å²) in [5.41, 5.74) is 0. The molecule has 1 rings (SSSR count). The van der Waals surface area contributed by atoms with E-state index in [1.54, 1.807) is 4.01 Å². The van der Waals surface area contributed by atoms with E-state index in [1.807, 2.05) is 37.3 Å². The van der Waals surface area contributed by atoms with E-state index in [0.29, 0.717) is 6.61 Å². The van der Waals surface area contributed by atoms with Crippen LogP contribution in [0.5, 0.6) is 0 Å². The minimum absolute atomic E-state index is 0.195. The zero-order valence-electron chi connectivity index (χ0n) is 7.37. The van der Waals surface area contributed by atoms with E-state index in [1.165, 1.54) is 3.57 Å². The summed E-state index contributed by atoms with van der Waals surface area (Å²) in [5, 5.41) is 0. The molecule has 1 aromatic carbocycles. The van der Waals surface area contributed by atoms with Crippen LogP contribution in [0.15, 0.2) is 30.3 Å². The van der Waals surface area contributed by atoms with Gasteiger partial charge in [0.05, 0.1) is 10.6 Å². The van der Waals surface area contributed by atoms with Gasteiger partial charge in [-0.3, -0.25) is 0 Å². The lowest BCUT2D eigenvalue weighted by Crippen LogP contribution is -2.02. The highest BCUT2D eigenvalue weighted by Gasteiger charge is 1.93. The van der Waals surface area contributed by atoms with Crippen molar-refractivity contribution in [3.05, 3.63) is 33.9 Å². The number of rotatable bonds is 3. The highest BCUT2D eigenvalue weighted by molar-refractivity contribution is 14.2. The van der Waals surface area contributed by atoms with Crippen molar-refractivity contribution >= 4 is 30.7 Å². The number of benzene rings is 1. The predicted octanol–water partition coefficient (Wildman–Crippen LogP) is 2.19. The molecule has 3 heteroatoms. The number of carbonyl (C=O) groups is 1. The topological polar surface area (TPSA) is 26.3 Å². The van der Waals surface area contributed by atoms with Gasteiger partial charge in [-0.1, -0.05) is 38.9 Å². The molecule has 0 aliphatic carbocycles. The SMILES string of the molecule is CCOC(=O)C=Ic1ccccc1. The molecule has 0 saturated heterocycles. The van der Waals surface area contributed by atoms with Crippen LogP contribution in [0.3, 0.4) is 0 Å². The van der Waals surface area contributed by atoms with Crippen molar-refractivity contribution in [3.63, 3.8) is 0 Å². The molecule has 0 aliphatic rings. The number of halogens is 1. The van der Waals surface area contributed by atoms with Crippen molar-refractivity contribution < 1.29 is 9.53 Å². The lowest BCUT2D eigenvalue weighted by atomic mass is 10.4. The Morgan fingerprint density at radius 3 is 2.77 bits per heavy atom. The zero-order chi connectivity index (χ0) is 9.52. The van der Waals surface area contributed by atoms with Crippen LogP contribution < -0.4 is 0 Å². The molecule has 1 aromatic rings. The van der Waals surface area contributed by atoms with Crippen LogP contribution in [-0.4, -0.2) is 16.6 Å². The van der Waals surface area contributed by atoms with Crippen molar-refractivity contribution in [2.24, 2.45) is 0 Å². The number of hydrogen-bond donors (Lipinski definition) is 0. The Morgan fingerprint density at radius 2 is 2.15 bits per heavy atom. The third kappa shape index (κ3) is 4.17. The van der Waals surface area contributed by atoms with E-state index < -0.39 is 0 Å². The molecule has 0 heterocycles. The number of esters is 1. The van der Waals surface area contributed by atoms with E-state index in [2.05, 4.69) is 0 Å². The number of carbonyl (C=O) groups excluding carboxylic acids is 1. The Kier molecular flexibility index (Phi) is 4.67. The maximum atomic E-state index is 11.0. The first-order valence-electron chi connectivity index (χ1n) is 4.01. The molecular weight excluding hydrogens is 279 g/mol. The van der Waals surface area contributed by atoms with Gasteiger partial charge in [0.15, 0.2) is 0 Å². The molecular formula is C10H11IO2. The molecule has 0 N–H and O–H groups in total. The molecule has 0 spiro atoms. The highest BCUT2D eigenvalue weighted by atomic mass is 127. The Balaban J connectivity index is 2.54. The van der Waals surface area contributed by atoms with E-state index in [4.69, 9.17) is 4.74 Å². The predicted molar refractivity (Wildman–Crippen MR) is 61.9 cm³/mol. The van der Waals surface area contributed by atoms with Gasteiger partial charge in [-0.25, -0.2) is 4.79 Å². The van der Waals surface area contributed by atoms with Gasteiger partial charge in [0.1, 0.15) is 0 Å². The van der Waals surface area contributed by atoms with Crippen molar-refractivity contribution in [2.45, 2.75) is 6.92 Å². The van der Waals surface area contributed by atoms with Crippen molar-refractivity contribution in [3.8, 4) is 0 Å². The average molecular weight is 290 g/mol.